The molecule has 1 saturated heterocycles. The van der Waals surface area contributed by atoms with E-state index in [0.29, 0.717) is 12.5 Å². The number of aryl methyl sites for hydroxylation is 1. The van der Waals surface area contributed by atoms with E-state index in [-0.39, 0.29) is 5.56 Å². The van der Waals surface area contributed by atoms with E-state index in [0.717, 1.165) is 48.7 Å². The molecule has 1 aromatic carbocycles. The highest BCUT2D eigenvalue weighted by Gasteiger charge is 2.26. The Morgan fingerprint density at radius 1 is 1.11 bits per heavy atom. The second-order valence-electron chi connectivity index (χ2n) is 7.39. The zero-order chi connectivity index (χ0) is 19.0. The molecule has 7 heteroatoms. The normalized spacial score (nSPS) is 16.1. The molecule has 1 aliphatic rings. The second-order valence-corrected chi connectivity index (χ2v) is 7.39. The lowest BCUT2D eigenvalue weighted by Crippen LogP contribution is -2.35. The summed E-state index contributed by atoms with van der Waals surface area (Å²) >= 11 is 0. The molecule has 2 aromatic heterocycles. The van der Waals surface area contributed by atoms with Crippen LogP contribution >= 0.6 is 0 Å². The van der Waals surface area contributed by atoms with Crippen LogP contribution in [0.1, 0.15) is 35.8 Å². The van der Waals surface area contributed by atoms with Gasteiger partial charge in [0.15, 0.2) is 0 Å². The third kappa shape index (κ3) is 3.23. The Hall–Kier alpha value is -2.67. The maximum absolute atomic E-state index is 13.1. The average Bonchev–Trinajstić information content (AvgIpc) is 3.20. The van der Waals surface area contributed by atoms with Crippen molar-refractivity contribution in [3.8, 4) is 5.69 Å². The van der Waals surface area contributed by atoms with E-state index < -0.39 is 0 Å². The van der Waals surface area contributed by atoms with E-state index in [9.17, 15) is 4.79 Å². The van der Waals surface area contributed by atoms with E-state index >= 15 is 0 Å². The Balaban J connectivity index is 1.51. The van der Waals surface area contributed by atoms with E-state index in [2.05, 4.69) is 15.1 Å². The van der Waals surface area contributed by atoms with Crippen molar-refractivity contribution in [2.75, 3.05) is 13.1 Å². The van der Waals surface area contributed by atoms with Gasteiger partial charge in [-0.3, -0.25) is 14.4 Å². The van der Waals surface area contributed by atoms with Crippen LogP contribution < -0.4 is 5.56 Å². The first-order chi connectivity index (χ1) is 13.1. The highest BCUT2D eigenvalue weighted by molar-refractivity contribution is 5.33. The Bertz CT molecular complexity index is 976. The van der Waals surface area contributed by atoms with Crippen LogP contribution in [-0.4, -0.2) is 42.1 Å². The minimum absolute atomic E-state index is 0.0802. The molecule has 7 nitrogen and oxygen atoms in total. The van der Waals surface area contributed by atoms with Crippen molar-refractivity contribution in [2.24, 2.45) is 14.1 Å². The topological polar surface area (TPSA) is 60.9 Å². The summed E-state index contributed by atoms with van der Waals surface area (Å²) in [5, 5.41) is 8.26. The maximum Gasteiger partial charge on any atom is 0.276 e. The van der Waals surface area contributed by atoms with Gasteiger partial charge in [-0.25, -0.2) is 4.68 Å². The molecule has 0 N–H and O–H groups in total. The van der Waals surface area contributed by atoms with Crippen LogP contribution in [0.15, 0.2) is 41.5 Å². The van der Waals surface area contributed by atoms with Crippen LogP contribution in [0.2, 0.25) is 0 Å². The Labute approximate surface area is 158 Å². The van der Waals surface area contributed by atoms with Crippen molar-refractivity contribution in [1.82, 2.24) is 29.0 Å². The fourth-order valence-electron chi connectivity index (χ4n) is 4.04. The zero-order valence-corrected chi connectivity index (χ0v) is 16.2. The van der Waals surface area contributed by atoms with Gasteiger partial charge >= 0.3 is 0 Å². The number of aromatic nitrogens is 5. The van der Waals surface area contributed by atoms with Gasteiger partial charge in [0.05, 0.1) is 11.3 Å². The number of hydrogen-bond acceptors (Lipinski definition) is 4. The van der Waals surface area contributed by atoms with Gasteiger partial charge in [-0.15, -0.1) is 10.2 Å². The van der Waals surface area contributed by atoms with E-state index in [4.69, 9.17) is 0 Å². The molecule has 3 aromatic rings. The first-order valence-corrected chi connectivity index (χ1v) is 9.45. The predicted molar refractivity (Wildman–Crippen MR) is 104 cm³/mol. The van der Waals surface area contributed by atoms with E-state index in [1.807, 2.05) is 60.6 Å². The molecule has 3 heterocycles. The van der Waals surface area contributed by atoms with E-state index in [1.165, 1.54) is 0 Å². The van der Waals surface area contributed by atoms with Gasteiger partial charge in [-0.05, 0) is 45.0 Å². The highest BCUT2D eigenvalue weighted by Crippen LogP contribution is 2.27. The molecule has 142 valence electrons. The van der Waals surface area contributed by atoms with Crippen molar-refractivity contribution in [3.63, 3.8) is 0 Å². The number of hydrogen-bond donors (Lipinski definition) is 0. The Kier molecular flexibility index (Phi) is 4.70. The van der Waals surface area contributed by atoms with Gasteiger partial charge in [0, 0.05) is 32.3 Å². The van der Waals surface area contributed by atoms with Gasteiger partial charge in [0.2, 0.25) is 0 Å². The number of benzene rings is 1. The number of nitrogens with zero attached hydrogens (tertiary/aromatic N) is 6. The molecule has 0 saturated carbocycles. The molecule has 4 rings (SSSR count). The monoisotopic (exact) mass is 366 g/mol. The molecule has 27 heavy (non-hydrogen) atoms. The molecule has 0 bridgehead atoms. The molecule has 1 aliphatic heterocycles. The summed E-state index contributed by atoms with van der Waals surface area (Å²) in [6.07, 6.45) is 3.86. The van der Waals surface area contributed by atoms with Crippen molar-refractivity contribution >= 4 is 0 Å². The van der Waals surface area contributed by atoms with Crippen molar-refractivity contribution < 1.29 is 0 Å². The fraction of sp³-hybridized carbons (Fsp3) is 0.450. The standard InChI is InChI=1S/C20H26N6O/c1-15-18(20(27)26(24(15)3)17-7-5-4-6-8-17)13-25-11-9-16(10-12-25)19-22-21-14-23(19)2/h4-8,14,16H,9-13H2,1-3H3. The van der Waals surface area contributed by atoms with Crippen LogP contribution in [0, 0.1) is 6.92 Å². The number of piperidine rings is 1. The lowest BCUT2D eigenvalue weighted by molar-refractivity contribution is 0.199. The SMILES string of the molecule is Cc1c(CN2CCC(c3nncn3C)CC2)c(=O)n(-c2ccccc2)n1C. The number of para-hydroxylation sites is 1. The average molecular weight is 366 g/mol. The third-order valence-corrected chi connectivity index (χ3v) is 5.75. The summed E-state index contributed by atoms with van der Waals surface area (Å²) in [4.78, 5) is 15.5. The van der Waals surface area contributed by atoms with Crippen LogP contribution in [-0.2, 0) is 20.6 Å². The van der Waals surface area contributed by atoms with Crippen LogP contribution in [0.25, 0.3) is 5.69 Å². The minimum Gasteiger partial charge on any atom is -0.320 e. The van der Waals surface area contributed by atoms with Gasteiger partial charge in [0.25, 0.3) is 5.56 Å². The number of likely N-dealkylation sites (tertiary alicyclic amines) is 1. The van der Waals surface area contributed by atoms with Gasteiger partial charge in [0.1, 0.15) is 12.2 Å². The maximum atomic E-state index is 13.1. The van der Waals surface area contributed by atoms with E-state index in [1.54, 1.807) is 11.0 Å². The van der Waals surface area contributed by atoms with Crippen molar-refractivity contribution in [2.45, 2.75) is 32.2 Å². The third-order valence-electron chi connectivity index (χ3n) is 5.75. The summed E-state index contributed by atoms with van der Waals surface area (Å²) in [6, 6.07) is 9.82. The summed E-state index contributed by atoms with van der Waals surface area (Å²) in [5.41, 5.74) is 2.90. The Morgan fingerprint density at radius 3 is 2.44 bits per heavy atom. The van der Waals surface area contributed by atoms with Crippen molar-refractivity contribution in [3.05, 3.63) is 64.1 Å². The minimum atomic E-state index is 0.0802. The molecule has 0 radical (unpaired) electrons. The van der Waals surface area contributed by atoms with Crippen molar-refractivity contribution in [1.29, 1.82) is 0 Å². The number of rotatable bonds is 4. The van der Waals surface area contributed by atoms with Crippen LogP contribution in [0.5, 0.6) is 0 Å². The molecule has 0 spiro atoms. The zero-order valence-electron chi connectivity index (χ0n) is 16.2. The first-order valence-electron chi connectivity index (χ1n) is 9.45. The lowest BCUT2D eigenvalue weighted by atomic mass is 9.95. The van der Waals surface area contributed by atoms with Gasteiger partial charge in [-0.1, -0.05) is 18.2 Å². The van der Waals surface area contributed by atoms with Gasteiger partial charge < -0.3 is 4.57 Å². The molecular formula is C20H26N6O. The first kappa shape index (κ1) is 17.7. The molecule has 0 aliphatic carbocycles. The second kappa shape index (κ2) is 7.15. The van der Waals surface area contributed by atoms with Crippen LogP contribution in [0.3, 0.4) is 0 Å². The molecular weight excluding hydrogens is 340 g/mol. The van der Waals surface area contributed by atoms with Gasteiger partial charge in [-0.2, -0.15) is 0 Å². The summed E-state index contributed by atoms with van der Waals surface area (Å²) < 4.78 is 5.73. The molecule has 0 atom stereocenters. The molecule has 1 fully saturated rings. The smallest absolute Gasteiger partial charge is 0.276 e. The van der Waals surface area contributed by atoms with Crippen LogP contribution in [0.4, 0.5) is 0 Å². The highest BCUT2D eigenvalue weighted by atomic mass is 16.1. The predicted octanol–water partition coefficient (Wildman–Crippen LogP) is 1.99. The summed E-state index contributed by atoms with van der Waals surface area (Å²) in [6.45, 7) is 4.67. The lowest BCUT2D eigenvalue weighted by Gasteiger charge is -2.31. The summed E-state index contributed by atoms with van der Waals surface area (Å²) in [5.74, 6) is 1.52. The largest absolute Gasteiger partial charge is 0.320 e. The molecule has 0 unspecified atom stereocenters. The molecule has 0 amide bonds. The quantitative estimate of drug-likeness (QED) is 0.709. The Morgan fingerprint density at radius 2 is 1.81 bits per heavy atom. The summed E-state index contributed by atoms with van der Waals surface area (Å²) in [7, 11) is 3.95. The fourth-order valence-corrected chi connectivity index (χ4v) is 4.04.